The number of benzene rings is 2. The van der Waals surface area contributed by atoms with Crippen molar-refractivity contribution in [3.63, 3.8) is 0 Å². The highest BCUT2D eigenvalue weighted by Crippen LogP contribution is 2.19. The summed E-state index contributed by atoms with van der Waals surface area (Å²) in [7, 11) is -3.42. The first-order chi connectivity index (χ1) is 9.59. The Bertz CT molecular complexity index is 654. The minimum atomic E-state index is -3.42. The second-order valence-electron chi connectivity index (χ2n) is 4.31. The van der Waals surface area contributed by atoms with E-state index in [1.807, 2.05) is 25.1 Å². The first kappa shape index (κ1) is 14.4. The van der Waals surface area contributed by atoms with Crippen molar-refractivity contribution in [3.05, 3.63) is 60.2 Å². The number of hydrogen-bond acceptors (Lipinski definition) is 3. The summed E-state index contributed by atoms with van der Waals surface area (Å²) < 4.78 is 32.1. The zero-order valence-electron chi connectivity index (χ0n) is 11.2. The second kappa shape index (κ2) is 6.43. The van der Waals surface area contributed by atoms with Gasteiger partial charge >= 0.3 is 0 Å². The Balaban J connectivity index is 2.10. The molecule has 2 aromatic rings. The number of sulfonamides is 1. The van der Waals surface area contributed by atoms with E-state index in [0.717, 1.165) is 5.56 Å². The van der Waals surface area contributed by atoms with Crippen molar-refractivity contribution < 1.29 is 13.2 Å². The highest BCUT2D eigenvalue weighted by Gasteiger charge is 2.11. The number of hydrogen-bond donors (Lipinski definition) is 1. The molecule has 0 amide bonds. The van der Waals surface area contributed by atoms with Crippen molar-refractivity contribution in [3.8, 4) is 5.75 Å². The molecule has 0 saturated carbocycles. The van der Waals surface area contributed by atoms with Crippen molar-refractivity contribution in [1.29, 1.82) is 0 Å². The Morgan fingerprint density at radius 3 is 2.50 bits per heavy atom. The smallest absolute Gasteiger partial charge is 0.236 e. The van der Waals surface area contributed by atoms with Crippen LogP contribution in [0.15, 0.2) is 54.6 Å². The van der Waals surface area contributed by atoms with Crippen LogP contribution >= 0.6 is 0 Å². The summed E-state index contributed by atoms with van der Waals surface area (Å²) in [5, 5.41) is 0. The fourth-order valence-corrected chi connectivity index (χ4v) is 3.01. The molecule has 0 spiro atoms. The SMILES string of the molecule is CCOc1cccc(NS(=O)(=O)Cc2ccccc2)c1. The van der Waals surface area contributed by atoms with E-state index in [1.165, 1.54) is 0 Å². The molecule has 0 saturated heterocycles. The molecule has 0 aromatic heterocycles. The van der Waals surface area contributed by atoms with Gasteiger partial charge in [0.15, 0.2) is 0 Å². The average molecular weight is 291 g/mol. The quantitative estimate of drug-likeness (QED) is 0.890. The highest BCUT2D eigenvalue weighted by atomic mass is 32.2. The molecule has 4 nitrogen and oxygen atoms in total. The van der Waals surface area contributed by atoms with Gasteiger partial charge in [0.2, 0.25) is 10.0 Å². The fraction of sp³-hybridized carbons (Fsp3) is 0.200. The Kier molecular flexibility index (Phi) is 4.63. The van der Waals surface area contributed by atoms with Gasteiger partial charge in [0.1, 0.15) is 5.75 Å². The molecule has 0 unspecified atom stereocenters. The van der Waals surface area contributed by atoms with Gasteiger partial charge < -0.3 is 4.74 Å². The summed E-state index contributed by atoms with van der Waals surface area (Å²) in [5.74, 6) is 0.597. The van der Waals surface area contributed by atoms with Crippen LogP contribution in [0.3, 0.4) is 0 Å². The Hall–Kier alpha value is -2.01. The second-order valence-corrected chi connectivity index (χ2v) is 6.03. The molecule has 0 atom stereocenters. The first-order valence-corrected chi connectivity index (χ1v) is 8.01. The monoisotopic (exact) mass is 291 g/mol. The van der Waals surface area contributed by atoms with E-state index in [1.54, 1.807) is 36.4 Å². The Morgan fingerprint density at radius 2 is 1.80 bits per heavy atom. The molecule has 2 aromatic carbocycles. The van der Waals surface area contributed by atoms with E-state index in [4.69, 9.17) is 4.74 Å². The lowest BCUT2D eigenvalue weighted by molar-refractivity contribution is 0.340. The summed E-state index contributed by atoms with van der Waals surface area (Å²) in [5.41, 5.74) is 1.26. The molecule has 106 valence electrons. The Morgan fingerprint density at radius 1 is 1.05 bits per heavy atom. The van der Waals surface area contributed by atoms with E-state index in [2.05, 4.69) is 4.72 Å². The third-order valence-electron chi connectivity index (χ3n) is 2.62. The van der Waals surface area contributed by atoms with Gasteiger partial charge in [0, 0.05) is 6.07 Å². The van der Waals surface area contributed by atoms with Crippen LogP contribution in [-0.2, 0) is 15.8 Å². The molecule has 0 aliphatic carbocycles. The van der Waals surface area contributed by atoms with Gasteiger partial charge in [-0.2, -0.15) is 0 Å². The Labute approximate surface area is 119 Å². The predicted octanol–water partition coefficient (Wildman–Crippen LogP) is 3.03. The molecule has 0 heterocycles. The number of anilines is 1. The van der Waals surface area contributed by atoms with Gasteiger partial charge in [0.05, 0.1) is 18.0 Å². The lowest BCUT2D eigenvalue weighted by Crippen LogP contribution is -2.15. The molecule has 0 aliphatic rings. The van der Waals surface area contributed by atoms with Crippen LogP contribution in [0.1, 0.15) is 12.5 Å². The van der Waals surface area contributed by atoms with Gasteiger partial charge in [-0.15, -0.1) is 0 Å². The molecular formula is C15H17NO3S. The van der Waals surface area contributed by atoms with Crippen LogP contribution in [-0.4, -0.2) is 15.0 Å². The standard InChI is InChI=1S/C15H17NO3S/c1-2-19-15-10-6-9-14(11-15)16-20(17,18)12-13-7-4-3-5-8-13/h3-11,16H,2,12H2,1H3. The molecule has 5 heteroatoms. The highest BCUT2D eigenvalue weighted by molar-refractivity contribution is 7.91. The van der Waals surface area contributed by atoms with Crippen LogP contribution in [0, 0.1) is 0 Å². The number of ether oxygens (including phenoxy) is 1. The van der Waals surface area contributed by atoms with Crippen molar-refractivity contribution in [2.45, 2.75) is 12.7 Å². The lowest BCUT2D eigenvalue weighted by atomic mass is 10.2. The van der Waals surface area contributed by atoms with Crippen molar-refractivity contribution in [2.24, 2.45) is 0 Å². The summed E-state index contributed by atoms with van der Waals surface area (Å²) in [4.78, 5) is 0. The topological polar surface area (TPSA) is 55.4 Å². The maximum absolute atomic E-state index is 12.1. The van der Waals surface area contributed by atoms with E-state index < -0.39 is 10.0 Å². The molecule has 0 fully saturated rings. The van der Waals surface area contributed by atoms with E-state index in [-0.39, 0.29) is 5.75 Å². The fourth-order valence-electron chi connectivity index (χ4n) is 1.83. The molecule has 20 heavy (non-hydrogen) atoms. The van der Waals surface area contributed by atoms with E-state index in [9.17, 15) is 8.42 Å². The lowest BCUT2D eigenvalue weighted by Gasteiger charge is -2.10. The van der Waals surface area contributed by atoms with Crippen molar-refractivity contribution in [1.82, 2.24) is 0 Å². The van der Waals surface area contributed by atoms with Gasteiger partial charge in [-0.1, -0.05) is 36.4 Å². The van der Waals surface area contributed by atoms with E-state index >= 15 is 0 Å². The maximum Gasteiger partial charge on any atom is 0.236 e. The first-order valence-electron chi connectivity index (χ1n) is 6.36. The van der Waals surface area contributed by atoms with Gasteiger partial charge in [-0.05, 0) is 24.6 Å². The van der Waals surface area contributed by atoms with Gasteiger partial charge in [-0.25, -0.2) is 8.42 Å². The summed E-state index contributed by atoms with van der Waals surface area (Å²) in [6.45, 7) is 2.42. The predicted molar refractivity (Wildman–Crippen MR) is 80.3 cm³/mol. The third kappa shape index (κ3) is 4.28. The van der Waals surface area contributed by atoms with Crippen LogP contribution in [0.2, 0.25) is 0 Å². The molecule has 0 radical (unpaired) electrons. The molecule has 2 rings (SSSR count). The minimum absolute atomic E-state index is 0.0489. The summed E-state index contributed by atoms with van der Waals surface area (Å²) in [6, 6.07) is 16.0. The summed E-state index contributed by atoms with van der Waals surface area (Å²) >= 11 is 0. The zero-order valence-corrected chi connectivity index (χ0v) is 12.1. The van der Waals surface area contributed by atoms with Gasteiger partial charge in [-0.3, -0.25) is 4.72 Å². The molecule has 0 aliphatic heterocycles. The van der Waals surface area contributed by atoms with Crippen molar-refractivity contribution >= 4 is 15.7 Å². The van der Waals surface area contributed by atoms with Crippen LogP contribution < -0.4 is 9.46 Å². The molecule has 0 bridgehead atoms. The summed E-state index contributed by atoms with van der Waals surface area (Å²) in [6.07, 6.45) is 0. The number of nitrogens with one attached hydrogen (secondary N) is 1. The van der Waals surface area contributed by atoms with Crippen LogP contribution in [0.5, 0.6) is 5.75 Å². The zero-order chi connectivity index (χ0) is 14.4. The molecular weight excluding hydrogens is 274 g/mol. The third-order valence-corrected chi connectivity index (χ3v) is 3.88. The van der Waals surface area contributed by atoms with Crippen molar-refractivity contribution in [2.75, 3.05) is 11.3 Å². The normalized spacial score (nSPS) is 11.1. The average Bonchev–Trinajstić information content (AvgIpc) is 2.39. The van der Waals surface area contributed by atoms with Gasteiger partial charge in [0.25, 0.3) is 0 Å². The maximum atomic E-state index is 12.1. The van der Waals surface area contributed by atoms with Crippen LogP contribution in [0.4, 0.5) is 5.69 Å². The number of rotatable bonds is 6. The molecule has 1 N–H and O–H groups in total. The largest absolute Gasteiger partial charge is 0.494 e. The van der Waals surface area contributed by atoms with Crippen LogP contribution in [0.25, 0.3) is 0 Å². The van der Waals surface area contributed by atoms with E-state index in [0.29, 0.717) is 18.0 Å². The minimum Gasteiger partial charge on any atom is -0.494 e.